The average molecular weight is 311 g/mol. The van der Waals surface area contributed by atoms with Crippen LogP contribution in [0.2, 0.25) is 0 Å². The Kier molecular flexibility index (Phi) is 4.05. The number of H-pyrrole nitrogens is 1. The Balaban J connectivity index is 1.78. The van der Waals surface area contributed by atoms with Crippen molar-refractivity contribution in [3.05, 3.63) is 48.7 Å². The summed E-state index contributed by atoms with van der Waals surface area (Å²) in [6, 6.07) is 12.4. The number of nitrogens with one attached hydrogen (secondary N) is 3. The van der Waals surface area contributed by atoms with Crippen molar-refractivity contribution in [3.8, 4) is 11.5 Å². The van der Waals surface area contributed by atoms with Gasteiger partial charge in [0, 0.05) is 23.2 Å². The van der Waals surface area contributed by atoms with Gasteiger partial charge in [0.15, 0.2) is 0 Å². The maximum absolute atomic E-state index is 12.3. The first-order valence-electron chi connectivity index (χ1n) is 7.07. The lowest BCUT2D eigenvalue weighted by Crippen LogP contribution is -2.19. The van der Waals surface area contributed by atoms with E-state index in [1.165, 1.54) is 0 Å². The van der Waals surface area contributed by atoms with E-state index in [1.807, 2.05) is 30.5 Å². The smallest absolute Gasteiger partial charge is 0.323 e. The highest BCUT2D eigenvalue weighted by molar-refractivity contribution is 6.06. The van der Waals surface area contributed by atoms with Crippen molar-refractivity contribution in [2.24, 2.45) is 0 Å². The zero-order chi connectivity index (χ0) is 16.2. The van der Waals surface area contributed by atoms with Gasteiger partial charge in [-0.2, -0.15) is 0 Å². The van der Waals surface area contributed by atoms with Gasteiger partial charge in [0.05, 0.1) is 25.6 Å². The Hall–Kier alpha value is -3.15. The zero-order valence-electron chi connectivity index (χ0n) is 12.8. The molecule has 2 aromatic carbocycles. The summed E-state index contributed by atoms with van der Waals surface area (Å²) in [6.07, 6.45) is 1.83. The second-order valence-corrected chi connectivity index (χ2v) is 4.89. The lowest BCUT2D eigenvalue weighted by atomic mass is 10.2. The summed E-state index contributed by atoms with van der Waals surface area (Å²) < 4.78 is 10.4. The average Bonchev–Trinajstić information content (AvgIpc) is 3.05. The van der Waals surface area contributed by atoms with E-state index in [9.17, 15) is 4.79 Å². The lowest BCUT2D eigenvalue weighted by molar-refractivity contribution is 0.262. The Morgan fingerprint density at radius 3 is 2.61 bits per heavy atom. The van der Waals surface area contributed by atoms with Crippen molar-refractivity contribution in [1.82, 2.24) is 4.98 Å². The molecule has 1 aromatic heterocycles. The number of hydrogen-bond acceptors (Lipinski definition) is 3. The van der Waals surface area contributed by atoms with Crippen LogP contribution in [0.4, 0.5) is 16.2 Å². The Labute approximate surface area is 133 Å². The third kappa shape index (κ3) is 3.06. The van der Waals surface area contributed by atoms with E-state index >= 15 is 0 Å². The molecule has 1 heterocycles. The molecule has 0 saturated carbocycles. The minimum atomic E-state index is -0.345. The number of carbonyl (C=O) groups excluding carboxylic acids is 1. The number of hydrogen-bond donors (Lipinski definition) is 3. The summed E-state index contributed by atoms with van der Waals surface area (Å²) in [4.78, 5) is 15.4. The van der Waals surface area contributed by atoms with Gasteiger partial charge in [0.1, 0.15) is 11.5 Å². The molecule has 6 heteroatoms. The molecule has 0 aliphatic carbocycles. The van der Waals surface area contributed by atoms with E-state index in [0.29, 0.717) is 17.2 Å². The van der Waals surface area contributed by atoms with E-state index in [-0.39, 0.29) is 6.03 Å². The monoisotopic (exact) mass is 311 g/mol. The quantitative estimate of drug-likeness (QED) is 0.685. The van der Waals surface area contributed by atoms with Crippen molar-refractivity contribution < 1.29 is 14.3 Å². The van der Waals surface area contributed by atoms with Gasteiger partial charge in [-0.05, 0) is 30.3 Å². The third-order valence-electron chi connectivity index (χ3n) is 3.50. The van der Waals surface area contributed by atoms with Gasteiger partial charge >= 0.3 is 6.03 Å². The van der Waals surface area contributed by atoms with Gasteiger partial charge in [0.25, 0.3) is 0 Å². The topological polar surface area (TPSA) is 75.4 Å². The van der Waals surface area contributed by atoms with Crippen molar-refractivity contribution in [2.75, 3.05) is 24.9 Å². The van der Waals surface area contributed by atoms with Gasteiger partial charge < -0.3 is 25.1 Å². The molecule has 2 amide bonds. The first-order chi connectivity index (χ1) is 11.2. The molecule has 0 fully saturated rings. The summed E-state index contributed by atoms with van der Waals surface area (Å²) in [5.74, 6) is 1.18. The predicted octanol–water partition coefficient (Wildman–Crippen LogP) is 3.83. The molecule has 0 aliphatic rings. The summed E-state index contributed by atoms with van der Waals surface area (Å²) in [5, 5.41) is 6.57. The minimum absolute atomic E-state index is 0.345. The molecule has 118 valence electrons. The molecule has 0 atom stereocenters. The van der Waals surface area contributed by atoms with Crippen LogP contribution >= 0.6 is 0 Å². The number of fused-ring (bicyclic) bond motifs is 1. The third-order valence-corrected chi connectivity index (χ3v) is 3.50. The molecule has 0 aliphatic heterocycles. The number of carbonyl (C=O) groups is 1. The van der Waals surface area contributed by atoms with Gasteiger partial charge in [0.2, 0.25) is 0 Å². The summed E-state index contributed by atoms with van der Waals surface area (Å²) >= 11 is 0. The molecule has 3 rings (SSSR count). The molecule has 0 saturated heterocycles. The molecular formula is C17H17N3O3. The first-order valence-corrected chi connectivity index (χ1v) is 7.07. The normalized spacial score (nSPS) is 10.3. The number of urea groups is 1. The molecule has 3 N–H and O–H groups in total. The van der Waals surface area contributed by atoms with Gasteiger partial charge in [-0.3, -0.25) is 0 Å². The number of aromatic nitrogens is 1. The second kappa shape index (κ2) is 6.31. The van der Waals surface area contributed by atoms with Crippen LogP contribution in [0.15, 0.2) is 48.7 Å². The van der Waals surface area contributed by atoms with Crippen LogP contribution in [0.25, 0.3) is 10.9 Å². The number of benzene rings is 2. The summed E-state index contributed by atoms with van der Waals surface area (Å²) in [6.45, 7) is 0. The van der Waals surface area contributed by atoms with Crippen LogP contribution in [-0.4, -0.2) is 25.2 Å². The van der Waals surface area contributed by atoms with Gasteiger partial charge in [-0.1, -0.05) is 6.07 Å². The van der Waals surface area contributed by atoms with Crippen LogP contribution in [-0.2, 0) is 0 Å². The van der Waals surface area contributed by atoms with Crippen molar-refractivity contribution in [1.29, 1.82) is 0 Å². The van der Waals surface area contributed by atoms with Crippen LogP contribution in [0.3, 0.4) is 0 Å². The first kappa shape index (κ1) is 14.8. The van der Waals surface area contributed by atoms with Gasteiger partial charge in [-0.25, -0.2) is 4.79 Å². The summed E-state index contributed by atoms with van der Waals surface area (Å²) in [5.41, 5.74) is 2.26. The van der Waals surface area contributed by atoms with Crippen molar-refractivity contribution >= 4 is 28.3 Å². The fourth-order valence-electron chi connectivity index (χ4n) is 2.37. The van der Waals surface area contributed by atoms with E-state index in [0.717, 1.165) is 16.6 Å². The molecule has 0 bridgehead atoms. The SMILES string of the molecule is COc1ccc(NC(=O)Nc2cccc3[nH]ccc23)c(OC)c1. The number of methoxy groups -OCH3 is 2. The highest BCUT2D eigenvalue weighted by atomic mass is 16.5. The number of aromatic amines is 1. The van der Waals surface area contributed by atoms with Crippen molar-refractivity contribution in [3.63, 3.8) is 0 Å². The van der Waals surface area contributed by atoms with E-state index in [4.69, 9.17) is 9.47 Å². The Morgan fingerprint density at radius 1 is 1.00 bits per heavy atom. The van der Waals surface area contributed by atoms with Crippen LogP contribution < -0.4 is 20.1 Å². The summed E-state index contributed by atoms with van der Waals surface area (Å²) in [7, 11) is 3.12. The predicted molar refractivity (Wildman–Crippen MR) is 90.5 cm³/mol. The van der Waals surface area contributed by atoms with Crippen LogP contribution in [0, 0.1) is 0 Å². The maximum Gasteiger partial charge on any atom is 0.323 e. The maximum atomic E-state index is 12.3. The second-order valence-electron chi connectivity index (χ2n) is 4.89. The molecular weight excluding hydrogens is 294 g/mol. The Bertz CT molecular complexity index is 842. The fourth-order valence-corrected chi connectivity index (χ4v) is 2.37. The highest BCUT2D eigenvalue weighted by Crippen LogP contribution is 2.29. The molecule has 23 heavy (non-hydrogen) atoms. The number of ether oxygens (including phenoxy) is 2. The molecule has 6 nitrogen and oxygen atoms in total. The molecule has 0 unspecified atom stereocenters. The van der Waals surface area contributed by atoms with Crippen molar-refractivity contribution in [2.45, 2.75) is 0 Å². The largest absolute Gasteiger partial charge is 0.497 e. The molecule has 3 aromatic rings. The number of anilines is 2. The molecule has 0 radical (unpaired) electrons. The number of amides is 2. The highest BCUT2D eigenvalue weighted by Gasteiger charge is 2.10. The van der Waals surface area contributed by atoms with E-state index < -0.39 is 0 Å². The van der Waals surface area contributed by atoms with Crippen LogP contribution in [0.5, 0.6) is 11.5 Å². The fraction of sp³-hybridized carbons (Fsp3) is 0.118. The standard InChI is InChI=1S/C17H17N3O3/c1-22-11-6-7-15(16(10-11)23-2)20-17(21)19-14-5-3-4-13-12(14)8-9-18-13/h3-10,18H,1-2H3,(H2,19,20,21). The molecule has 0 spiro atoms. The number of rotatable bonds is 4. The van der Waals surface area contributed by atoms with Crippen LogP contribution in [0.1, 0.15) is 0 Å². The van der Waals surface area contributed by atoms with E-state index in [1.54, 1.807) is 32.4 Å². The Morgan fingerprint density at radius 2 is 1.83 bits per heavy atom. The minimum Gasteiger partial charge on any atom is -0.497 e. The van der Waals surface area contributed by atoms with Gasteiger partial charge in [-0.15, -0.1) is 0 Å². The zero-order valence-corrected chi connectivity index (χ0v) is 12.8. The lowest BCUT2D eigenvalue weighted by Gasteiger charge is -2.12. The van der Waals surface area contributed by atoms with E-state index in [2.05, 4.69) is 15.6 Å².